The molecule has 6 nitrogen and oxygen atoms in total. The maximum atomic E-state index is 12.9. The predicted octanol–water partition coefficient (Wildman–Crippen LogP) is 5.84. The molecule has 0 saturated carbocycles. The van der Waals surface area contributed by atoms with E-state index in [4.69, 9.17) is 9.47 Å². The maximum Gasteiger partial charge on any atom is 0.343 e. The molecule has 0 N–H and O–H groups in total. The molecule has 0 atom stereocenters. The van der Waals surface area contributed by atoms with Gasteiger partial charge in [0.05, 0.1) is 5.56 Å². The second kappa shape index (κ2) is 11.8. The molecule has 3 rings (SSSR count). The summed E-state index contributed by atoms with van der Waals surface area (Å²) in [5.41, 5.74) is 2.89. The van der Waals surface area contributed by atoms with Gasteiger partial charge in [0.25, 0.3) is 5.91 Å². The Kier molecular flexibility index (Phi) is 8.57. The van der Waals surface area contributed by atoms with Crippen LogP contribution in [-0.2, 0) is 11.2 Å². The van der Waals surface area contributed by atoms with E-state index in [0.717, 1.165) is 12.1 Å². The van der Waals surface area contributed by atoms with Gasteiger partial charge in [-0.15, -0.1) is 0 Å². The van der Waals surface area contributed by atoms with Crippen molar-refractivity contribution in [3.05, 3.63) is 89.5 Å². The highest BCUT2D eigenvalue weighted by atomic mass is 16.5. The number of benzene rings is 3. The lowest BCUT2D eigenvalue weighted by molar-refractivity contribution is -0.131. The molecule has 0 aliphatic carbocycles. The highest BCUT2D eigenvalue weighted by Crippen LogP contribution is 2.21. The highest BCUT2D eigenvalue weighted by molar-refractivity contribution is 6.05. The lowest BCUT2D eigenvalue weighted by atomic mass is 10.1. The van der Waals surface area contributed by atoms with Crippen LogP contribution in [0.15, 0.2) is 72.8 Å². The van der Waals surface area contributed by atoms with Gasteiger partial charge in [-0.05, 0) is 79.1 Å². The molecule has 0 aliphatic rings. The van der Waals surface area contributed by atoms with Gasteiger partial charge in [-0.2, -0.15) is 0 Å². The number of aryl methyl sites for hydroxylation is 1. The molecule has 0 bridgehead atoms. The first-order chi connectivity index (χ1) is 16.4. The van der Waals surface area contributed by atoms with Crippen LogP contribution in [0.2, 0.25) is 0 Å². The largest absolute Gasteiger partial charge is 0.427 e. The lowest BCUT2D eigenvalue weighted by Gasteiger charge is -2.18. The summed E-state index contributed by atoms with van der Waals surface area (Å²) in [4.78, 5) is 37.8. The number of carbonyl (C=O) groups is 3. The Morgan fingerprint density at radius 1 is 0.735 bits per heavy atom. The molecular weight excluding hydrogens is 430 g/mol. The van der Waals surface area contributed by atoms with Gasteiger partial charge >= 0.3 is 11.9 Å². The SMILES string of the molecule is CCCCCc1ccc(N(C)C(=O)c2ccc(OC(=O)c3ccc(OC(C)=O)cc3)cc2)cc1. The lowest BCUT2D eigenvalue weighted by Crippen LogP contribution is -2.26. The summed E-state index contributed by atoms with van der Waals surface area (Å²) in [6.07, 6.45) is 4.62. The number of hydrogen-bond donors (Lipinski definition) is 0. The van der Waals surface area contributed by atoms with Crippen LogP contribution in [-0.4, -0.2) is 24.9 Å². The van der Waals surface area contributed by atoms with E-state index < -0.39 is 11.9 Å². The van der Waals surface area contributed by atoms with Gasteiger partial charge in [-0.25, -0.2) is 4.79 Å². The van der Waals surface area contributed by atoms with E-state index in [1.807, 2.05) is 12.1 Å². The molecule has 0 fully saturated rings. The summed E-state index contributed by atoms with van der Waals surface area (Å²) in [5, 5.41) is 0. The van der Waals surface area contributed by atoms with Crippen molar-refractivity contribution in [1.29, 1.82) is 0 Å². The molecule has 0 heterocycles. The molecule has 6 heteroatoms. The Labute approximate surface area is 200 Å². The average molecular weight is 460 g/mol. The number of unbranched alkanes of at least 4 members (excludes halogenated alkanes) is 2. The van der Waals surface area contributed by atoms with Crippen molar-refractivity contribution in [3.63, 3.8) is 0 Å². The predicted molar refractivity (Wildman–Crippen MR) is 132 cm³/mol. The first kappa shape index (κ1) is 24.7. The number of esters is 2. The number of amides is 1. The Morgan fingerprint density at radius 3 is 1.85 bits per heavy atom. The van der Waals surface area contributed by atoms with Crippen LogP contribution in [0.1, 0.15) is 59.4 Å². The molecule has 3 aromatic rings. The Bertz CT molecular complexity index is 1120. The second-order valence-electron chi connectivity index (χ2n) is 8.02. The minimum Gasteiger partial charge on any atom is -0.427 e. The van der Waals surface area contributed by atoms with Crippen molar-refractivity contribution < 1.29 is 23.9 Å². The van der Waals surface area contributed by atoms with Crippen molar-refractivity contribution in [1.82, 2.24) is 0 Å². The third-order valence-electron chi connectivity index (χ3n) is 5.36. The summed E-state index contributed by atoms with van der Waals surface area (Å²) in [6, 6.07) is 20.6. The fraction of sp³-hybridized carbons (Fsp3) is 0.250. The highest BCUT2D eigenvalue weighted by Gasteiger charge is 2.15. The number of anilines is 1. The quantitative estimate of drug-likeness (QED) is 0.228. The van der Waals surface area contributed by atoms with Gasteiger partial charge in [0.15, 0.2) is 0 Å². The van der Waals surface area contributed by atoms with Crippen LogP contribution in [0.3, 0.4) is 0 Å². The molecule has 0 unspecified atom stereocenters. The minimum atomic E-state index is -0.551. The van der Waals surface area contributed by atoms with Crippen molar-refractivity contribution in [2.75, 3.05) is 11.9 Å². The first-order valence-electron chi connectivity index (χ1n) is 11.3. The number of rotatable bonds is 9. The van der Waals surface area contributed by atoms with Gasteiger partial charge in [0.2, 0.25) is 0 Å². The van der Waals surface area contributed by atoms with E-state index in [-0.39, 0.29) is 5.91 Å². The first-order valence-corrected chi connectivity index (χ1v) is 11.3. The van der Waals surface area contributed by atoms with Gasteiger partial charge in [-0.1, -0.05) is 31.9 Å². The summed E-state index contributed by atoms with van der Waals surface area (Å²) in [5.74, 6) is -0.468. The second-order valence-corrected chi connectivity index (χ2v) is 8.02. The monoisotopic (exact) mass is 459 g/mol. The molecule has 176 valence electrons. The number of nitrogens with zero attached hydrogens (tertiary/aromatic N) is 1. The van der Waals surface area contributed by atoms with Gasteiger partial charge in [-0.3, -0.25) is 9.59 Å². The van der Waals surface area contributed by atoms with E-state index in [9.17, 15) is 14.4 Å². The van der Waals surface area contributed by atoms with Gasteiger partial charge in [0.1, 0.15) is 11.5 Å². The van der Waals surface area contributed by atoms with Crippen molar-refractivity contribution in [2.24, 2.45) is 0 Å². The molecule has 3 aromatic carbocycles. The van der Waals surface area contributed by atoms with E-state index in [0.29, 0.717) is 22.6 Å². The van der Waals surface area contributed by atoms with Crippen molar-refractivity contribution >= 4 is 23.5 Å². The zero-order chi connectivity index (χ0) is 24.5. The Balaban J connectivity index is 1.59. The van der Waals surface area contributed by atoms with E-state index in [2.05, 4.69) is 19.1 Å². The van der Waals surface area contributed by atoms with Crippen LogP contribution in [0, 0.1) is 0 Å². The fourth-order valence-corrected chi connectivity index (χ4v) is 3.43. The van der Waals surface area contributed by atoms with Crippen LogP contribution >= 0.6 is 0 Å². The van der Waals surface area contributed by atoms with E-state index in [1.54, 1.807) is 36.2 Å². The van der Waals surface area contributed by atoms with Crippen LogP contribution in [0.4, 0.5) is 5.69 Å². The maximum absolute atomic E-state index is 12.9. The standard InChI is InChI=1S/C28H29NO5/c1-4-5-6-7-21-8-14-24(15-9-21)29(3)27(31)22-10-16-26(17-11-22)34-28(32)23-12-18-25(19-13-23)33-20(2)30/h8-19H,4-7H2,1-3H3. The number of carbonyl (C=O) groups excluding carboxylic acids is 3. The van der Waals surface area contributed by atoms with Crippen LogP contribution < -0.4 is 14.4 Å². The molecule has 0 aromatic heterocycles. The van der Waals surface area contributed by atoms with Crippen molar-refractivity contribution in [3.8, 4) is 11.5 Å². The molecule has 34 heavy (non-hydrogen) atoms. The molecule has 0 saturated heterocycles. The summed E-state index contributed by atoms with van der Waals surface area (Å²) in [6.45, 7) is 3.49. The van der Waals surface area contributed by atoms with Gasteiger partial charge < -0.3 is 14.4 Å². The van der Waals surface area contributed by atoms with E-state index in [1.165, 1.54) is 56.0 Å². The summed E-state index contributed by atoms with van der Waals surface area (Å²) >= 11 is 0. The minimum absolute atomic E-state index is 0.155. The molecule has 0 aliphatic heterocycles. The number of ether oxygens (including phenoxy) is 2. The smallest absolute Gasteiger partial charge is 0.343 e. The summed E-state index contributed by atoms with van der Waals surface area (Å²) in [7, 11) is 1.74. The summed E-state index contributed by atoms with van der Waals surface area (Å²) < 4.78 is 10.3. The fourth-order valence-electron chi connectivity index (χ4n) is 3.43. The van der Waals surface area contributed by atoms with Crippen molar-refractivity contribution in [2.45, 2.75) is 39.5 Å². The normalized spacial score (nSPS) is 10.4. The van der Waals surface area contributed by atoms with Crippen LogP contribution in [0.25, 0.3) is 0 Å². The molecular formula is C28H29NO5. The van der Waals surface area contributed by atoms with Crippen LogP contribution in [0.5, 0.6) is 11.5 Å². The average Bonchev–Trinajstić information content (AvgIpc) is 2.84. The zero-order valence-electron chi connectivity index (χ0n) is 19.7. The zero-order valence-corrected chi connectivity index (χ0v) is 19.7. The third-order valence-corrected chi connectivity index (χ3v) is 5.36. The van der Waals surface area contributed by atoms with E-state index >= 15 is 0 Å². The number of hydrogen-bond acceptors (Lipinski definition) is 5. The Morgan fingerprint density at radius 2 is 1.29 bits per heavy atom. The third kappa shape index (κ3) is 6.78. The Hall–Kier alpha value is -3.93. The molecule has 0 spiro atoms. The molecule has 0 radical (unpaired) electrons. The van der Waals surface area contributed by atoms with Gasteiger partial charge in [0, 0.05) is 25.2 Å². The topological polar surface area (TPSA) is 72.9 Å². The molecule has 1 amide bonds.